The number of ether oxygens (including phenoxy) is 1. The quantitative estimate of drug-likeness (QED) is 0.544. The summed E-state index contributed by atoms with van der Waals surface area (Å²) in [5.74, 6) is -0.458. The Hall–Kier alpha value is -1.86. The van der Waals surface area contributed by atoms with Crippen LogP contribution in [0.4, 0.5) is 0 Å². The summed E-state index contributed by atoms with van der Waals surface area (Å²) in [7, 11) is 1.63. The van der Waals surface area contributed by atoms with Crippen LogP contribution >= 0.6 is 0 Å². The van der Waals surface area contributed by atoms with E-state index in [9.17, 15) is 9.59 Å². The van der Waals surface area contributed by atoms with Gasteiger partial charge < -0.3 is 25.1 Å². The molecule has 0 aliphatic carbocycles. The number of amides is 2. The maximum atomic E-state index is 11.7. The lowest BCUT2D eigenvalue weighted by molar-refractivity contribution is -0.122. The second-order valence-corrected chi connectivity index (χ2v) is 4.21. The molecule has 112 valence electrons. The van der Waals surface area contributed by atoms with Crippen LogP contribution in [-0.2, 0) is 9.53 Å². The van der Waals surface area contributed by atoms with Crippen molar-refractivity contribution in [1.82, 2.24) is 16.0 Å². The van der Waals surface area contributed by atoms with E-state index < -0.39 is 11.9 Å². The number of furan rings is 1. The Labute approximate surface area is 118 Å². The van der Waals surface area contributed by atoms with E-state index in [2.05, 4.69) is 16.0 Å². The Bertz CT molecular complexity index is 406. The van der Waals surface area contributed by atoms with Crippen molar-refractivity contribution in [1.29, 1.82) is 0 Å². The van der Waals surface area contributed by atoms with Gasteiger partial charge in [-0.1, -0.05) is 0 Å². The van der Waals surface area contributed by atoms with Crippen LogP contribution in [0.15, 0.2) is 22.8 Å². The topological polar surface area (TPSA) is 92.6 Å². The fourth-order valence-electron chi connectivity index (χ4n) is 1.47. The minimum absolute atomic E-state index is 0.186. The molecule has 7 nitrogen and oxygen atoms in total. The molecule has 1 rings (SSSR count). The fraction of sp³-hybridized carbons (Fsp3) is 0.538. The number of carbonyl (C=O) groups is 2. The Kier molecular flexibility index (Phi) is 7.38. The standard InChI is InChI=1S/C13H21N3O4/c1-10(16-13(18)11-4-3-8-20-11)12(17)15-6-5-14-7-9-19-2/h3-4,8,10,14H,5-7,9H2,1-2H3,(H,15,17)(H,16,18). The van der Waals surface area contributed by atoms with E-state index in [1.165, 1.54) is 6.26 Å². The highest BCUT2D eigenvalue weighted by atomic mass is 16.5. The van der Waals surface area contributed by atoms with Gasteiger partial charge in [0.1, 0.15) is 6.04 Å². The van der Waals surface area contributed by atoms with Gasteiger partial charge in [-0.25, -0.2) is 0 Å². The molecule has 0 aliphatic heterocycles. The molecule has 0 bridgehead atoms. The molecule has 2 amide bonds. The van der Waals surface area contributed by atoms with Crippen LogP contribution in [0.5, 0.6) is 0 Å². The maximum Gasteiger partial charge on any atom is 0.287 e. The summed E-state index contributed by atoms with van der Waals surface area (Å²) in [6, 6.07) is 2.54. The minimum atomic E-state index is -0.619. The molecular weight excluding hydrogens is 262 g/mol. The van der Waals surface area contributed by atoms with Crippen LogP contribution in [0.3, 0.4) is 0 Å². The molecule has 0 spiro atoms. The number of rotatable bonds is 9. The first-order valence-corrected chi connectivity index (χ1v) is 6.47. The van der Waals surface area contributed by atoms with Gasteiger partial charge in [0, 0.05) is 26.7 Å². The molecule has 1 unspecified atom stereocenters. The molecule has 0 saturated heterocycles. The molecule has 1 heterocycles. The van der Waals surface area contributed by atoms with Crippen molar-refractivity contribution < 1.29 is 18.7 Å². The number of methoxy groups -OCH3 is 1. The van der Waals surface area contributed by atoms with Gasteiger partial charge >= 0.3 is 0 Å². The highest BCUT2D eigenvalue weighted by Crippen LogP contribution is 1.99. The molecule has 1 atom stereocenters. The molecule has 3 N–H and O–H groups in total. The van der Waals surface area contributed by atoms with Gasteiger partial charge in [-0.3, -0.25) is 9.59 Å². The van der Waals surface area contributed by atoms with Crippen molar-refractivity contribution >= 4 is 11.8 Å². The largest absolute Gasteiger partial charge is 0.459 e. The summed E-state index contributed by atoms with van der Waals surface area (Å²) < 4.78 is 9.83. The van der Waals surface area contributed by atoms with Gasteiger partial charge in [0.15, 0.2) is 5.76 Å². The van der Waals surface area contributed by atoms with Crippen molar-refractivity contribution in [2.75, 3.05) is 33.4 Å². The SMILES string of the molecule is COCCNCCNC(=O)C(C)NC(=O)c1ccco1. The zero-order chi connectivity index (χ0) is 14.8. The van der Waals surface area contributed by atoms with Crippen LogP contribution in [0, 0.1) is 0 Å². The van der Waals surface area contributed by atoms with Gasteiger partial charge in [0.2, 0.25) is 5.91 Å². The summed E-state index contributed by atoms with van der Waals surface area (Å²) >= 11 is 0. The summed E-state index contributed by atoms with van der Waals surface area (Å²) in [4.78, 5) is 23.4. The fourth-order valence-corrected chi connectivity index (χ4v) is 1.47. The summed E-state index contributed by atoms with van der Waals surface area (Å²) in [6.07, 6.45) is 1.41. The van der Waals surface area contributed by atoms with Crippen LogP contribution in [-0.4, -0.2) is 51.2 Å². The van der Waals surface area contributed by atoms with Crippen molar-refractivity contribution in [2.24, 2.45) is 0 Å². The normalized spacial score (nSPS) is 11.9. The van der Waals surface area contributed by atoms with Crippen molar-refractivity contribution in [3.63, 3.8) is 0 Å². The van der Waals surface area contributed by atoms with E-state index in [1.54, 1.807) is 26.2 Å². The average molecular weight is 283 g/mol. The molecule has 0 aliphatic rings. The zero-order valence-corrected chi connectivity index (χ0v) is 11.8. The van der Waals surface area contributed by atoms with E-state index in [1.807, 2.05) is 0 Å². The average Bonchev–Trinajstić information content (AvgIpc) is 2.96. The molecule has 0 fully saturated rings. The van der Waals surface area contributed by atoms with Crippen molar-refractivity contribution in [3.05, 3.63) is 24.2 Å². The summed E-state index contributed by atoms with van der Waals surface area (Å²) in [6.45, 7) is 4.12. The van der Waals surface area contributed by atoms with E-state index in [-0.39, 0.29) is 11.7 Å². The molecule has 1 aromatic rings. The third kappa shape index (κ3) is 5.85. The first-order valence-electron chi connectivity index (χ1n) is 6.47. The monoisotopic (exact) mass is 283 g/mol. The molecule has 1 aromatic heterocycles. The number of carbonyl (C=O) groups excluding carboxylic acids is 2. The predicted octanol–water partition coefficient (Wildman–Crippen LogP) is -0.250. The number of hydrogen-bond donors (Lipinski definition) is 3. The predicted molar refractivity (Wildman–Crippen MR) is 73.4 cm³/mol. The van der Waals surface area contributed by atoms with E-state index in [0.717, 1.165) is 6.54 Å². The van der Waals surface area contributed by atoms with Crippen LogP contribution in [0.1, 0.15) is 17.5 Å². The van der Waals surface area contributed by atoms with E-state index in [0.29, 0.717) is 19.7 Å². The Balaban J connectivity index is 2.17. The van der Waals surface area contributed by atoms with Gasteiger partial charge in [0.05, 0.1) is 12.9 Å². The third-order valence-corrected chi connectivity index (χ3v) is 2.57. The lowest BCUT2D eigenvalue weighted by Gasteiger charge is -2.13. The van der Waals surface area contributed by atoms with E-state index >= 15 is 0 Å². The van der Waals surface area contributed by atoms with Crippen LogP contribution in [0.25, 0.3) is 0 Å². The second-order valence-electron chi connectivity index (χ2n) is 4.21. The molecule has 0 saturated carbocycles. The van der Waals surface area contributed by atoms with Crippen LogP contribution in [0.2, 0.25) is 0 Å². The first kappa shape index (κ1) is 16.2. The Morgan fingerprint density at radius 2 is 2.15 bits per heavy atom. The zero-order valence-electron chi connectivity index (χ0n) is 11.8. The lowest BCUT2D eigenvalue weighted by Crippen LogP contribution is -2.46. The molecule has 0 aromatic carbocycles. The Morgan fingerprint density at radius 1 is 1.35 bits per heavy atom. The molecular formula is C13H21N3O4. The van der Waals surface area contributed by atoms with Crippen molar-refractivity contribution in [3.8, 4) is 0 Å². The highest BCUT2D eigenvalue weighted by Gasteiger charge is 2.17. The minimum Gasteiger partial charge on any atom is -0.459 e. The molecule has 0 radical (unpaired) electrons. The lowest BCUT2D eigenvalue weighted by atomic mass is 10.3. The van der Waals surface area contributed by atoms with Crippen molar-refractivity contribution in [2.45, 2.75) is 13.0 Å². The van der Waals surface area contributed by atoms with Gasteiger partial charge in [-0.2, -0.15) is 0 Å². The van der Waals surface area contributed by atoms with Gasteiger partial charge in [-0.05, 0) is 19.1 Å². The van der Waals surface area contributed by atoms with Gasteiger partial charge in [0.25, 0.3) is 5.91 Å². The van der Waals surface area contributed by atoms with Gasteiger partial charge in [-0.15, -0.1) is 0 Å². The summed E-state index contributed by atoms with van der Waals surface area (Å²) in [5.41, 5.74) is 0. The maximum absolute atomic E-state index is 11.7. The highest BCUT2D eigenvalue weighted by molar-refractivity contribution is 5.95. The van der Waals surface area contributed by atoms with Crippen LogP contribution < -0.4 is 16.0 Å². The smallest absolute Gasteiger partial charge is 0.287 e. The molecule has 20 heavy (non-hydrogen) atoms. The third-order valence-electron chi connectivity index (χ3n) is 2.57. The first-order chi connectivity index (χ1) is 9.65. The number of nitrogens with one attached hydrogen (secondary N) is 3. The second kappa shape index (κ2) is 9.11. The molecule has 7 heteroatoms. The van der Waals surface area contributed by atoms with E-state index in [4.69, 9.17) is 9.15 Å². The summed E-state index contributed by atoms with van der Waals surface area (Å²) in [5, 5.41) is 8.38. The Morgan fingerprint density at radius 3 is 2.80 bits per heavy atom. The number of hydrogen-bond acceptors (Lipinski definition) is 5.